The van der Waals surface area contributed by atoms with Crippen molar-refractivity contribution in [2.75, 3.05) is 5.32 Å². The van der Waals surface area contributed by atoms with Crippen molar-refractivity contribution in [3.8, 4) is 0 Å². The van der Waals surface area contributed by atoms with Crippen LogP contribution in [0.5, 0.6) is 0 Å². The van der Waals surface area contributed by atoms with Crippen LogP contribution in [0.25, 0.3) is 0 Å². The van der Waals surface area contributed by atoms with Crippen molar-refractivity contribution < 1.29 is 8.78 Å². The Morgan fingerprint density at radius 1 is 0.895 bits per heavy atom. The van der Waals surface area contributed by atoms with E-state index in [2.05, 4.69) is 5.32 Å². The van der Waals surface area contributed by atoms with Crippen molar-refractivity contribution in [1.29, 1.82) is 0 Å². The Bertz CT molecular complexity index is 481. The molecule has 2 bridgehead atoms. The summed E-state index contributed by atoms with van der Waals surface area (Å²) >= 11 is 0. The molecule has 3 aliphatic carbocycles. The van der Waals surface area contributed by atoms with Crippen LogP contribution in [-0.2, 0) is 0 Å². The van der Waals surface area contributed by atoms with Gasteiger partial charge in [0, 0.05) is 17.8 Å². The lowest BCUT2D eigenvalue weighted by Crippen LogP contribution is -2.33. The Hall–Kier alpha value is -1.12. The van der Waals surface area contributed by atoms with Crippen molar-refractivity contribution in [3.05, 3.63) is 29.8 Å². The van der Waals surface area contributed by atoms with E-state index in [4.69, 9.17) is 0 Å². The zero-order valence-corrected chi connectivity index (χ0v) is 10.9. The molecular weight excluding hydrogens is 244 g/mol. The summed E-state index contributed by atoms with van der Waals surface area (Å²) in [5.74, 6) is 2.41. The highest BCUT2D eigenvalue weighted by Gasteiger charge is 2.53. The molecule has 4 rings (SSSR count). The maximum absolute atomic E-state index is 13.2. The fourth-order valence-corrected chi connectivity index (χ4v) is 5.09. The van der Waals surface area contributed by atoms with Crippen LogP contribution in [0.2, 0.25) is 0 Å². The predicted octanol–water partition coefficient (Wildman–Crippen LogP) is 4.20. The number of anilines is 1. The smallest absolute Gasteiger partial charge is 0.128 e. The third-order valence-corrected chi connectivity index (χ3v) is 5.64. The Kier molecular flexibility index (Phi) is 2.58. The molecule has 0 aliphatic heterocycles. The van der Waals surface area contributed by atoms with Gasteiger partial charge in [0.05, 0.1) is 0 Å². The van der Waals surface area contributed by atoms with Crippen LogP contribution < -0.4 is 5.32 Å². The van der Waals surface area contributed by atoms with E-state index in [-0.39, 0.29) is 0 Å². The molecule has 19 heavy (non-hydrogen) atoms. The van der Waals surface area contributed by atoms with Gasteiger partial charge in [-0.2, -0.15) is 0 Å². The molecule has 0 saturated heterocycles. The van der Waals surface area contributed by atoms with E-state index in [0.29, 0.717) is 11.7 Å². The van der Waals surface area contributed by atoms with Gasteiger partial charge in [-0.25, -0.2) is 8.78 Å². The van der Waals surface area contributed by atoms with E-state index in [1.807, 2.05) is 0 Å². The average Bonchev–Trinajstić information content (AvgIpc) is 2.97. The summed E-state index contributed by atoms with van der Waals surface area (Å²) in [6.45, 7) is 0. The molecular formula is C16H19F2N. The summed E-state index contributed by atoms with van der Waals surface area (Å²) in [5.41, 5.74) is 0.601. The lowest BCUT2D eigenvalue weighted by atomic mass is 9.79. The molecule has 3 heteroatoms. The fourth-order valence-electron chi connectivity index (χ4n) is 5.09. The first-order valence-electron chi connectivity index (χ1n) is 7.43. The number of hydrogen-bond acceptors (Lipinski definition) is 1. The van der Waals surface area contributed by atoms with Crippen molar-refractivity contribution >= 4 is 5.69 Å². The minimum Gasteiger partial charge on any atom is -0.382 e. The number of benzene rings is 1. The normalized spacial score (nSPS) is 39.6. The quantitative estimate of drug-likeness (QED) is 0.843. The Labute approximate surface area is 112 Å². The van der Waals surface area contributed by atoms with E-state index in [1.54, 1.807) is 0 Å². The van der Waals surface area contributed by atoms with Gasteiger partial charge in [0.25, 0.3) is 0 Å². The second kappa shape index (κ2) is 4.19. The molecule has 5 unspecified atom stereocenters. The van der Waals surface area contributed by atoms with E-state index in [0.717, 1.165) is 29.7 Å². The molecule has 102 valence electrons. The molecule has 3 aliphatic rings. The average molecular weight is 263 g/mol. The van der Waals surface area contributed by atoms with Crippen LogP contribution in [-0.4, -0.2) is 6.04 Å². The molecule has 3 fully saturated rings. The molecule has 1 aromatic carbocycles. The molecule has 0 amide bonds. The standard InChI is InChI=1S/C16H19F2N/c17-10-6-11(18)8-12(7-10)19-16-5-9-4-15(16)14-3-1-2-13(9)14/h6-9,13-16,19H,1-5H2. The van der Waals surface area contributed by atoms with Gasteiger partial charge in [-0.1, -0.05) is 6.42 Å². The van der Waals surface area contributed by atoms with Crippen LogP contribution in [0.3, 0.4) is 0 Å². The third-order valence-electron chi connectivity index (χ3n) is 5.64. The van der Waals surface area contributed by atoms with Crippen molar-refractivity contribution in [2.45, 2.75) is 38.1 Å². The van der Waals surface area contributed by atoms with Crippen LogP contribution in [0.4, 0.5) is 14.5 Å². The summed E-state index contributed by atoms with van der Waals surface area (Å²) in [5, 5.41) is 3.39. The molecule has 0 aromatic heterocycles. The van der Waals surface area contributed by atoms with Gasteiger partial charge in [0.2, 0.25) is 0 Å². The third kappa shape index (κ3) is 1.86. The van der Waals surface area contributed by atoms with Gasteiger partial charge in [0.1, 0.15) is 11.6 Å². The largest absolute Gasteiger partial charge is 0.382 e. The highest BCUT2D eigenvalue weighted by Crippen LogP contribution is 2.59. The van der Waals surface area contributed by atoms with Crippen molar-refractivity contribution in [3.63, 3.8) is 0 Å². The molecule has 5 atom stereocenters. The highest BCUT2D eigenvalue weighted by atomic mass is 19.1. The number of halogens is 2. The Balaban J connectivity index is 1.52. The Morgan fingerprint density at radius 3 is 2.42 bits per heavy atom. The van der Waals surface area contributed by atoms with Crippen LogP contribution in [0.1, 0.15) is 32.1 Å². The molecule has 1 nitrogen and oxygen atoms in total. The van der Waals surface area contributed by atoms with Crippen molar-refractivity contribution in [2.24, 2.45) is 23.7 Å². The maximum atomic E-state index is 13.2. The zero-order chi connectivity index (χ0) is 13.0. The summed E-state index contributed by atoms with van der Waals surface area (Å²) < 4.78 is 26.4. The van der Waals surface area contributed by atoms with E-state index in [9.17, 15) is 8.78 Å². The second-order valence-corrected chi connectivity index (χ2v) is 6.56. The van der Waals surface area contributed by atoms with Crippen LogP contribution in [0.15, 0.2) is 18.2 Å². The van der Waals surface area contributed by atoms with Gasteiger partial charge in [-0.15, -0.1) is 0 Å². The molecule has 1 N–H and O–H groups in total. The lowest BCUT2D eigenvalue weighted by Gasteiger charge is -2.32. The first-order valence-corrected chi connectivity index (χ1v) is 7.43. The van der Waals surface area contributed by atoms with Gasteiger partial charge in [-0.05, 0) is 61.5 Å². The molecule has 0 heterocycles. The minimum atomic E-state index is -0.496. The Morgan fingerprint density at radius 2 is 1.63 bits per heavy atom. The van der Waals surface area contributed by atoms with E-state index >= 15 is 0 Å². The second-order valence-electron chi connectivity index (χ2n) is 6.56. The van der Waals surface area contributed by atoms with E-state index < -0.39 is 11.6 Å². The van der Waals surface area contributed by atoms with Gasteiger partial charge in [0.15, 0.2) is 0 Å². The van der Waals surface area contributed by atoms with Crippen LogP contribution >= 0.6 is 0 Å². The number of rotatable bonds is 2. The van der Waals surface area contributed by atoms with Gasteiger partial charge in [-0.3, -0.25) is 0 Å². The highest BCUT2D eigenvalue weighted by molar-refractivity contribution is 5.45. The summed E-state index contributed by atoms with van der Waals surface area (Å²) in [6, 6.07) is 4.16. The first-order chi connectivity index (χ1) is 9.20. The molecule has 1 aromatic rings. The zero-order valence-electron chi connectivity index (χ0n) is 10.9. The minimum absolute atomic E-state index is 0.422. The number of fused-ring (bicyclic) bond motifs is 5. The SMILES string of the molecule is Fc1cc(F)cc(NC2CC3CC2C2CCCC32)c1. The van der Waals surface area contributed by atoms with Crippen molar-refractivity contribution in [1.82, 2.24) is 0 Å². The monoisotopic (exact) mass is 263 g/mol. The van der Waals surface area contributed by atoms with E-state index in [1.165, 1.54) is 44.2 Å². The number of hydrogen-bond donors (Lipinski definition) is 1. The summed E-state index contributed by atoms with van der Waals surface area (Å²) in [7, 11) is 0. The van der Waals surface area contributed by atoms with Gasteiger partial charge >= 0.3 is 0 Å². The molecule has 3 saturated carbocycles. The first kappa shape index (κ1) is 11.7. The lowest BCUT2D eigenvalue weighted by molar-refractivity contribution is 0.243. The summed E-state index contributed by atoms with van der Waals surface area (Å²) in [6.07, 6.45) is 6.66. The number of nitrogens with one attached hydrogen (secondary N) is 1. The summed E-state index contributed by atoms with van der Waals surface area (Å²) in [4.78, 5) is 0. The maximum Gasteiger partial charge on any atom is 0.128 e. The molecule has 0 radical (unpaired) electrons. The molecule has 0 spiro atoms. The predicted molar refractivity (Wildman–Crippen MR) is 70.8 cm³/mol. The fraction of sp³-hybridized carbons (Fsp3) is 0.625. The van der Waals surface area contributed by atoms with Crippen LogP contribution in [0, 0.1) is 35.3 Å². The van der Waals surface area contributed by atoms with Gasteiger partial charge < -0.3 is 5.32 Å². The topological polar surface area (TPSA) is 12.0 Å².